The van der Waals surface area contributed by atoms with E-state index in [1.54, 1.807) is 12.3 Å². The Balaban J connectivity index is 2.32. The maximum absolute atomic E-state index is 12.6. The zero-order valence-corrected chi connectivity index (χ0v) is 12.8. The zero-order valence-electron chi connectivity index (χ0n) is 10.5. The molecule has 0 spiro atoms. The zero-order chi connectivity index (χ0) is 13.3. The number of pyridine rings is 1. The Morgan fingerprint density at radius 3 is 2.67 bits per heavy atom. The third kappa shape index (κ3) is 2.69. The lowest BCUT2D eigenvalue weighted by atomic mass is 9.96. The van der Waals surface area contributed by atoms with Crippen LogP contribution in [0.2, 0.25) is 5.15 Å². The number of amides is 1. The molecule has 1 aliphatic rings. The van der Waals surface area contributed by atoms with Crippen molar-refractivity contribution in [1.29, 1.82) is 0 Å². The summed E-state index contributed by atoms with van der Waals surface area (Å²) in [5.74, 6) is -0.0199. The largest absolute Gasteiger partial charge is 0.333 e. The summed E-state index contributed by atoms with van der Waals surface area (Å²) in [5, 5.41) is 0.271. The molecule has 1 aromatic heterocycles. The van der Waals surface area contributed by atoms with Crippen LogP contribution in [0, 0.1) is 0 Å². The fourth-order valence-corrected chi connectivity index (χ4v) is 3.05. The van der Waals surface area contributed by atoms with Crippen LogP contribution < -0.4 is 0 Å². The number of likely N-dealkylation sites (tertiary alicyclic amines) is 1. The number of hydrogen-bond donors (Lipinski definition) is 0. The summed E-state index contributed by atoms with van der Waals surface area (Å²) in [6, 6.07) is 2.26. The minimum atomic E-state index is -0.0199. The van der Waals surface area contributed by atoms with Gasteiger partial charge in [-0.15, -0.1) is 0 Å². The molecule has 2 rings (SSSR count). The number of nitrogens with zero attached hydrogens (tertiary/aromatic N) is 2. The van der Waals surface area contributed by atoms with E-state index in [0.29, 0.717) is 5.56 Å². The van der Waals surface area contributed by atoms with Crippen molar-refractivity contribution in [2.45, 2.75) is 45.2 Å². The van der Waals surface area contributed by atoms with Crippen molar-refractivity contribution in [3.63, 3.8) is 0 Å². The van der Waals surface area contributed by atoms with Crippen molar-refractivity contribution in [3.05, 3.63) is 27.5 Å². The molecule has 1 fully saturated rings. The minimum absolute atomic E-state index is 0.0199. The second-order valence-corrected chi connectivity index (χ2v) is 6.11. The maximum Gasteiger partial charge on any atom is 0.257 e. The van der Waals surface area contributed by atoms with Gasteiger partial charge >= 0.3 is 0 Å². The van der Waals surface area contributed by atoms with Crippen molar-refractivity contribution in [3.8, 4) is 0 Å². The van der Waals surface area contributed by atoms with Gasteiger partial charge in [-0.3, -0.25) is 4.79 Å². The van der Waals surface area contributed by atoms with Crippen molar-refractivity contribution in [1.82, 2.24) is 9.88 Å². The van der Waals surface area contributed by atoms with Gasteiger partial charge in [0.25, 0.3) is 5.91 Å². The van der Waals surface area contributed by atoms with E-state index in [2.05, 4.69) is 34.8 Å². The lowest BCUT2D eigenvalue weighted by Crippen LogP contribution is -2.47. The van der Waals surface area contributed by atoms with E-state index in [9.17, 15) is 4.79 Å². The molecule has 98 valence electrons. The summed E-state index contributed by atoms with van der Waals surface area (Å²) in [6.07, 6.45) is 4.88. The molecule has 0 bridgehead atoms. The predicted molar refractivity (Wildman–Crippen MR) is 75.9 cm³/mol. The summed E-state index contributed by atoms with van der Waals surface area (Å²) >= 11 is 9.35. The van der Waals surface area contributed by atoms with Gasteiger partial charge in [0, 0.05) is 22.8 Å². The average Bonchev–Trinajstić information content (AvgIpc) is 2.32. The Kier molecular flexibility index (Phi) is 4.28. The number of hydrogen-bond acceptors (Lipinski definition) is 2. The lowest BCUT2D eigenvalue weighted by Gasteiger charge is -2.39. The van der Waals surface area contributed by atoms with Gasteiger partial charge in [-0.2, -0.15) is 0 Å². The standard InChI is InChI=1S/C13H16BrClN2O/c1-8-4-3-5-9(2)17(8)13(18)11-6-10(14)7-16-12(11)15/h6-9H,3-5H2,1-2H3. The van der Waals surface area contributed by atoms with Gasteiger partial charge in [0.15, 0.2) is 0 Å². The second kappa shape index (κ2) is 5.57. The van der Waals surface area contributed by atoms with Crippen LogP contribution in [0.15, 0.2) is 16.7 Å². The third-order valence-electron chi connectivity index (χ3n) is 3.46. The lowest BCUT2D eigenvalue weighted by molar-refractivity contribution is 0.0510. The number of rotatable bonds is 1. The molecule has 2 atom stereocenters. The van der Waals surface area contributed by atoms with Crippen LogP contribution >= 0.6 is 27.5 Å². The second-order valence-electron chi connectivity index (χ2n) is 4.83. The summed E-state index contributed by atoms with van der Waals surface area (Å²) < 4.78 is 0.771. The van der Waals surface area contributed by atoms with E-state index in [-0.39, 0.29) is 23.1 Å². The fourth-order valence-electron chi connectivity index (χ4n) is 2.53. The highest BCUT2D eigenvalue weighted by Gasteiger charge is 2.30. The van der Waals surface area contributed by atoms with Gasteiger partial charge in [0.2, 0.25) is 0 Å². The average molecular weight is 332 g/mol. The Morgan fingerprint density at radius 2 is 2.06 bits per heavy atom. The van der Waals surface area contributed by atoms with Gasteiger partial charge in [-0.05, 0) is 55.1 Å². The van der Waals surface area contributed by atoms with Crippen molar-refractivity contribution >= 4 is 33.4 Å². The Labute approximate surface area is 121 Å². The molecule has 1 aliphatic heterocycles. The van der Waals surface area contributed by atoms with Crippen LogP contribution in [0.4, 0.5) is 0 Å². The summed E-state index contributed by atoms with van der Waals surface area (Å²) in [7, 11) is 0. The van der Waals surface area contributed by atoms with Gasteiger partial charge in [-0.25, -0.2) is 4.98 Å². The van der Waals surface area contributed by atoms with Gasteiger partial charge < -0.3 is 4.90 Å². The molecule has 1 saturated heterocycles. The molecule has 5 heteroatoms. The molecular weight excluding hydrogens is 316 g/mol. The predicted octanol–water partition coefficient (Wildman–Crippen LogP) is 3.90. The molecule has 0 N–H and O–H groups in total. The van der Waals surface area contributed by atoms with Crippen LogP contribution in [-0.4, -0.2) is 27.9 Å². The first-order chi connectivity index (χ1) is 8.50. The maximum atomic E-state index is 12.6. The van der Waals surface area contributed by atoms with Crippen LogP contribution in [0.25, 0.3) is 0 Å². The number of piperidine rings is 1. The number of aromatic nitrogens is 1. The number of carbonyl (C=O) groups is 1. The Morgan fingerprint density at radius 1 is 1.44 bits per heavy atom. The summed E-state index contributed by atoms with van der Waals surface area (Å²) in [6.45, 7) is 4.18. The SMILES string of the molecule is CC1CCCC(C)N1C(=O)c1cc(Br)cnc1Cl. The molecular formula is C13H16BrClN2O. The Bertz CT molecular complexity index is 456. The van der Waals surface area contributed by atoms with Gasteiger partial charge in [-0.1, -0.05) is 11.6 Å². The van der Waals surface area contributed by atoms with E-state index in [1.807, 2.05) is 4.90 Å². The van der Waals surface area contributed by atoms with E-state index in [4.69, 9.17) is 11.6 Å². The van der Waals surface area contributed by atoms with E-state index < -0.39 is 0 Å². The topological polar surface area (TPSA) is 33.2 Å². The normalized spacial score (nSPS) is 24.1. The molecule has 2 unspecified atom stereocenters. The van der Waals surface area contributed by atoms with Crippen LogP contribution in [0.1, 0.15) is 43.5 Å². The molecule has 0 aromatic carbocycles. The van der Waals surface area contributed by atoms with Crippen LogP contribution in [0.3, 0.4) is 0 Å². The highest BCUT2D eigenvalue weighted by molar-refractivity contribution is 9.10. The van der Waals surface area contributed by atoms with E-state index in [1.165, 1.54) is 6.42 Å². The first-order valence-corrected chi connectivity index (χ1v) is 7.31. The number of halogens is 2. The third-order valence-corrected chi connectivity index (χ3v) is 4.20. The molecule has 18 heavy (non-hydrogen) atoms. The molecule has 1 aromatic rings. The molecule has 0 saturated carbocycles. The first-order valence-electron chi connectivity index (χ1n) is 6.14. The first kappa shape index (κ1) is 13.8. The monoisotopic (exact) mass is 330 g/mol. The molecule has 0 aliphatic carbocycles. The number of carbonyl (C=O) groups excluding carboxylic acids is 1. The highest BCUT2D eigenvalue weighted by atomic mass is 79.9. The quantitative estimate of drug-likeness (QED) is 0.731. The Hall–Kier alpha value is -0.610. The highest BCUT2D eigenvalue weighted by Crippen LogP contribution is 2.27. The molecule has 3 nitrogen and oxygen atoms in total. The smallest absolute Gasteiger partial charge is 0.257 e. The fraction of sp³-hybridized carbons (Fsp3) is 0.538. The molecule has 2 heterocycles. The van der Waals surface area contributed by atoms with Crippen molar-refractivity contribution < 1.29 is 4.79 Å². The summed E-state index contributed by atoms with van der Waals surface area (Å²) in [4.78, 5) is 18.5. The molecule has 1 amide bonds. The molecule has 0 radical (unpaired) electrons. The van der Waals surface area contributed by atoms with Crippen molar-refractivity contribution in [2.75, 3.05) is 0 Å². The minimum Gasteiger partial charge on any atom is -0.333 e. The summed E-state index contributed by atoms with van der Waals surface area (Å²) in [5.41, 5.74) is 0.478. The van der Waals surface area contributed by atoms with Crippen LogP contribution in [-0.2, 0) is 0 Å². The van der Waals surface area contributed by atoms with Gasteiger partial charge in [0.05, 0.1) is 5.56 Å². The van der Waals surface area contributed by atoms with Crippen LogP contribution in [0.5, 0.6) is 0 Å². The van der Waals surface area contributed by atoms with Gasteiger partial charge in [0.1, 0.15) is 5.15 Å². The van der Waals surface area contributed by atoms with Crippen molar-refractivity contribution in [2.24, 2.45) is 0 Å². The van der Waals surface area contributed by atoms with E-state index in [0.717, 1.165) is 17.3 Å². The van der Waals surface area contributed by atoms with E-state index >= 15 is 0 Å².